The summed E-state index contributed by atoms with van der Waals surface area (Å²) in [6.07, 6.45) is 3.47. The summed E-state index contributed by atoms with van der Waals surface area (Å²) in [6.45, 7) is 0. The van der Waals surface area contributed by atoms with E-state index >= 15 is 0 Å². The highest BCUT2D eigenvalue weighted by atomic mass is 19.1. The molecule has 0 aliphatic rings. The molecule has 0 unspecified atom stereocenters. The number of pyridine rings is 1. The van der Waals surface area contributed by atoms with Crippen molar-refractivity contribution in [1.29, 1.82) is 0 Å². The third-order valence-corrected chi connectivity index (χ3v) is 3.25. The maximum atomic E-state index is 13.5. The zero-order valence-corrected chi connectivity index (χ0v) is 11.8. The van der Waals surface area contributed by atoms with Crippen LogP contribution in [0.3, 0.4) is 0 Å². The summed E-state index contributed by atoms with van der Waals surface area (Å²) in [4.78, 5) is 5.97. The molecule has 0 atom stereocenters. The molecule has 21 heavy (non-hydrogen) atoms. The lowest BCUT2D eigenvalue weighted by molar-refractivity contribution is 0.628. The Morgan fingerprint density at radius 3 is 2.48 bits per heavy atom. The van der Waals surface area contributed by atoms with Gasteiger partial charge < -0.3 is 4.90 Å². The fraction of sp³-hybridized carbons (Fsp3) is 0.125. The monoisotopic (exact) mass is 282 g/mol. The first-order valence-electron chi connectivity index (χ1n) is 6.59. The number of halogens is 1. The fourth-order valence-electron chi connectivity index (χ4n) is 2.30. The second-order valence-electron chi connectivity index (χ2n) is 4.94. The topological polar surface area (TPSA) is 44.8 Å². The number of aromatic amines is 1. The molecule has 4 nitrogen and oxygen atoms in total. The SMILES string of the molecule is CN(C)c1n[nH]c(-c2cccc(F)c2)c1-c1ccncc1. The maximum Gasteiger partial charge on any atom is 0.158 e. The van der Waals surface area contributed by atoms with E-state index in [1.54, 1.807) is 18.5 Å². The van der Waals surface area contributed by atoms with Crippen molar-refractivity contribution >= 4 is 5.82 Å². The second kappa shape index (κ2) is 5.36. The van der Waals surface area contributed by atoms with Crippen LogP contribution in [0.2, 0.25) is 0 Å². The molecule has 3 rings (SSSR count). The van der Waals surface area contributed by atoms with Crippen molar-refractivity contribution in [2.24, 2.45) is 0 Å². The summed E-state index contributed by atoms with van der Waals surface area (Å²) >= 11 is 0. The summed E-state index contributed by atoms with van der Waals surface area (Å²) in [6, 6.07) is 10.3. The zero-order valence-electron chi connectivity index (χ0n) is 11.8. The van der Waals surface area contributed by atoms with E-state index in [4.69, 9.17) is 0 Å². The molecule has 0 fully saturated rings. The van der Waals surface area contributed by atoms with E-state index in [1.165, 1.54) is 12.1 Å². The Balaban J connectivity index is 2.23. The van der Waals surface area contributed by atoms with Gasteiger partial charge in [0, 0.05) is 32.1 Å². The number of hydrogen-bond donors (Lipinski definition) is 1. The minimum Gasteiger partial charge on any atom is -0.361 e. The number of aromatic nitrogens is 3. The van der Waals surface area contributed by atoms with E-state index in [-0.39, 0.29) is 5.82 Å². The smallest absolute Gasteiger partial charge is 0.158 e. The average molecular weight is 282 g/mol. The lowest BCUT2D eigenvalue weighted by atomic mass is 10.0. The average Bonchev–Trinajstić information content (AvgIpc) is 2.93. The normalized spacial score (nSPS) is 10.6. The van der Waals surface area contributed by atoms with Crippen molar-refractivity contribution in [3.63, 3.8) is 0 Å². The molecule has 3 aromatic rings. The van der Waals surface area contributed by atoms with Crippen molar-refractivity contribution in [1.82, 2.24) is 15.2 Å². The van der Waals surface area contributed by atoms with Gasteiger partial charge in [0.25, 0.3) is 0 Å². The summed E-state index contributed by atoms with van der Waals surface area (Å²) in [5.74, 6) is 0.537. The Bertz CT molecular complexity index is 750. The molecule has 0 saturated carbocycles. The van der Waals surface area contributed by atoms with Crippen LogP contribution in [-0.2, 0) is 0 Å². The van der Waals surface area contributed by atoms with Crippen molar-refractivity contribution in [3.05, 3.63) is 54.6 Å². The van der Waals surface area contributed by atoms with Gasteiger partial charge in [0.05, 0.1) is 11.3 Å². The lowest BCUT2D eigenvalue weighted by Gasteiger charge is -2.12. The predicted molar refractivity (Wildman–Crippen MR) is 81.5 cm³/mol. The van der Waals surface area contributed by atoms with Gasteiger partial charge in [-0.15, -0.1) is 0 Å². The Morgan fingerprint density at radius 1 is 1.05 bits per heavy atom. The molecule has 0 aliphatic carbocycles. The van der Waals surface area contributed by atoms with E-state index in [9.17, 15) is 4.39 Å². The van der Waals surface area contributed by atoms with Gasteiger partial charge in [0.15, 0.2) is 5.82 Å². The van der Waals surface area contributed by atoms with Gasteiger partial charge in [-0.2, -0.15) is 5.10 Å². The van der Waals surface area contributed by atoms with Crippen LogP contribution in [0.15, 0.2) is 48.8 Å². The van der Waals surface area contributed by atoms with Gasteiger partial charge in [-0.25, -0.2) is 4.39 Å². The van der Waals surface area contributed by atoms with Crippen LogP contribution >= 0.6 is 0 Å². The van der Waals surface area contributed by atoms with Crippen molar-refractivity contribution in [2.75, 3.05) is 19.0 Å². The Labute approximate surface area is 122 Å². The van der Waals surface area contributed by atoms with Crippen molar-refractivity contribution in [3.8, 4) is 22.4 Å². The highest BCUT2D eigenvalue weighted by molar-refractivity contribution is 5.88. The number of anilines is 1. The highest BCUT2D eigenvalue weighted by Gasteiger charge is 2.18. The van der Waals surface area contributed by atoms with Gasteiger partial charge in [-0.3, -0.25) is 10.1 Å². The molecule has 0 bridgehead atoms. The molecule has 2 heterocycles. The van der Waals surface area contributed by atoms with Crippen molar-refractivity contribution < 1.29 is 4.39 Å². The van der Waals surface area contributed by atoms with E-state index in [0.717, 1.165) is 28.2 Å². The minimum absolute atomic E-state index is 0.269. The van der Waals surface area contributed by atoms with Gasteiger partial charge in [-0.1, -0.05) is 12.1 Å². The standard InChI is InChI=1S/C16H15FN4/c1-21(2)16-14(11-6-8-18-9-7-11)15(19-20-16)12-4-3-5-13(17)10-12/h3-10H,1-2H3,(H,19,20). The highest BCUT2D eigenvalue weighted by Crippen LogP contribution is 2.36. The molecule has 1 N–H and O–H groups in total. The molecular weight excluding hydrogens is 267 g/mol. The van der Waals surface area contributed by atoms with Gasteiger partial charge >= 0.3 is 0 Å². The molecule has 0 aliphatic heterocycles. The first-order chi connectivity index (χ1) is 10.2. The molecule has 2 aromatic heterocycles. The van der Waals surface area contributed by atoms with Crippen molar-refractivity contribution in [2.45, 2.75) is 0 Å². The van der Waals surface area contributed by atoms with E-state index in [2.05, 4.69) is 15.2 Å². The summed E-state index contributed by atoms with van der Waals surface area (Å²) in [7, 11) is 3.85. The number of rotatable bonds is 3. The zero-order chi connectivity index (χ0) is 14.8. The number of nitrogens with one attached hydrogen (secondary N) is 1. The molecular formula is C16H15FN4. The molecule has 0 amide bonds. The van der Waals surface area contributed by atoms with E-state index in [0.29, 0.717) is 0 Å². The maximum absolute atomic E-state index is 13.5. The molecule has 5 heteroatoms. The minimum atomic E-state index is -0.269. The van der Waals surface area contributed by atoms with Gasteiger partial charge in [0.2, 0.25) is 0 Å². The van der Waals surface area contributed by atoms with Gasteiger partial charge in [0.1, 0.15) is 5.82 Å². The Morgan fingerprint density at radius 2 is 1.81 bits per heavy atom. The van der Waals surface area contributed by atoms with E-state index < -0.39 is 0 Å². The molecule has 0 radical (unpaired) electrons. The summed E-state index contributed by atoms with van der Waals surface area (Å²) < 4.78 is 13.5. The van der Waals surface area contributed by atoms with Crippen LogP contribution in [0.4, 0.5) is 10.2 Å². The first kappa shape index (κ1) is 13.3. The van der Waals surface area contributed by atoms with E-state index in [1.807, 2.05) is 37.2 Å². The number of nitrogens with zero attached hydrogens (tertiary/aromatic N) is 3. The van der Waals surface area contributed by atoms with Gasteiger partial charge in [-0.05, 0) is 29.8 Å². The van der Waals surface area contributed by atoms with Crippen LogP contribution < -0.4 is 4.90 Å². The number of benzene rings is 1. The molecule has 1 aromatic carbocycles. The van der Waals surface area contributed by atoms with Crippen LogP contribution in [0, 0.1) is 5.82 Å². The largest absolute Gasteiger partial charge is 0.361 e. The Hall–Kier alpha value is -2.69. The molecule has 0 saturated heterocycles. The first-order valence-corrected chi connectivity index (χ1v) is 6.59. The van der Waals surface area contributed by atoms with Crippen LogP contribution in [0.1, 0.15) is 0 Å². The predicted octanol–water partition coefficient (Wildman–Crippen LogP) is 3.34. The molecule has 106 valence electrons. The summed E-state index contributed by atoms with van der Waals surface area (Å²) in [5, 5.41) is 7.38. The number of H-pyrrole nitrogens is 1. The van der Waals surface area contributed by atoms with Crippen LogP contribution in [0.25, 0.3) is 22.4 Å². The Kier molecular flexibility index (Phi) is 3.39. The number of hydrogen-bond acceptors (Lipinski definition) is 3. The van der Waals surface area contributed by atoms with Crippen LogP contribution in [0.5, 0.6) is 0 Å². The fourth-order valence-corrected chi connectivity index (χ4v) is 2.30. The molecule has 0 spiro atoms. The quantitative estimate of drug-likeness (QED) is 0.801. The second-order valence-corrected chi connectivity index (χ2v) is 4.94. The summed E-state index contributed by atoms with van der Waals surface area (Å²) in [5.41, 5.74) is 3.49. The van der Waals surface area contributed by atoms with Crippen LogP contribution in [-0.4, -0.2) is 29.3 Å². The lowest BCUT2D eigenvalue weighted by Crippen LogP contribution is -2.10. The third kappa shape index (κ3) is 2.50. The third-order valence-electron chi connectivity index (χ3n) is 3.25.